The van der Waals surface area contributed by atoms with Crippen LogP contribution in [-0.2, 0) is 75.8 Å². The van der Waals surface area contributed by atoms with Crippen LogP contribution in [0.1, 0.15) is 71.5 Å². The predicted octanol–water partition coefficient (Wildman–Crippen LogP) is 11.3. The van der Waals surface area contributed by atoms with Gasteiger partial charge in [0.2, 0.25) is 0 Å². The molecule has 0 aliphatic heterocycles. The molecule has 8 aromatic rings. The highest BCUT2D eigenvalue weighted by Gasteiger charge is 2.23. The molecular weight excluding hydrogens is 1060 g/mol. The van der Waals surface area contributed by atoms with E-state index in [-0.39, 0.29) is 34.1 Å². The minimum atomic E-state index is -3.09. The summed E-state index contributed by atoms with van der Waals surface area (Å²) in [6, 6.07) is 27.5. The number of carbonyl (C=O) groups is 2. The van der Waals surface area contributed by atoms with Crippen molar-refractivity contribution in [2.75, 3.05) is 76.6 Å². The number of nitrogens with zero attached hydrogens (tertiary/aromatic N) is 4. The molecule has 80 heavy (non-hydrogen) atoms. The van der Waals surface area contributed by atoms with Crippen LogP contribution in [0.15, 0.2) is 97.3 Å². The molecule has 0 unspecified atom stereocenters. The van der Waals surface area contributed by atoms with Crippen LogP contribution in [-0.4, -0.2) is 107 Å². The molecule has 6 N–H and O–H groups in total. The number of carboxylic acid groups (broad SMARTS) is 2. The summed E-state index contributed by atoms with van der Waals surface area (Å²) in [6.45, 7) is 10.8. The average Bonchev–Trinajstić information content (AvgIpc) is 3.55. The fourth-order valence-electron chi connectivity index (χ4n) is 9.31. The Bertz CT molecular complexity index is 3480. The molecule has 0 atom stereocenters. The standard InChI is InChI=1S/C32H40N3O7P.C28H30N3O5P/c1-4-41-43(38,42-5-2)19-18-39-16-17-40-26-12-7-23(22(3)20-26)6-10-25-11-13-27-29(35-25)21-34-32-24(9-15-30(36)37)8-14-28(33)31(27)32;1-18-16-22(36-13-12-35-14-15-37-34)8-3-19(18)2-6-21-7-9-23-25(31-21)17-30-28-20(5-11-26(32)33)4-10-24(29)27(23)28/h7-8,11-14,20-21H,4-6,9-10,15-19,33H2,1-3H3,(H,36,37);3-4,7-10,16-17H,2,5-6,11-15,29H2,1H3,(H,32,33). The molecule has 0 bridgehead atoms. The monoisotopic (exact) mass is 1130 g/mol. The molecule has 4 aromatic heterocycles. The molecular formula is C60H70N6O12P2. The largest absolute Gasteiger partial charge is 0.491 e. The van der Waals surface area contributed by atoms with E-state index in [0.717, 1.165) is 114 Å². The van der Waals surface area contributed by atoms with E-state index in [0.29, 0.717) is 76.6 Å². The topological polar surface area (TPSA) is 268 Å². The Morgan fingerprint density at radius 1 is 0.562 bits per heavy atom. The lowest BCUT2D eigenvalue weighted by Gasteiger charge is -2.16. The van der Waals surface area contributed by atoms with E-state index in [1.54, 1.807) is 26.2 Å². The van der Waals surface area contributed by atoms with Gasteiger partial charge in [0.1, 0.15) is 24.7 Å². The van der Waals surface area contributed by atoms with Gasteiger partial charge in [-0.3, -0.25) is 38.7 Å². The number of hydrogen-bond acceptors (Lipinski definition) is 16. The normalized spacial score (nSPS) is 11.6. The van der Waals surface area contributed by atoms with Gasteiger partial charge in [0.05, 0.1) is 86.4 Å². The maximum atomic E-state index is 12.5. The number of rotatable bonds is 30. The number of nitrogens with two attached hydrogens (primary N) is 2. The van der Waals surface area contributed by atoms with E-state index >= 15 is 0 Å². The van der Waals surface area contributed by atoms with Gasteiger partial charge >= 0.3 is 19.5 Å². The minimum absolute atomic E-state index is 0.0343. The first kappa shape index (κ1) is 60.5. The van der Waals surface area contributed by atoms with E-state index in [2.05, 4.69) is 35.9 Å². The second-order valence-electron chi connectivity index (χ2n) is 19.0. The Labute approximate surface area is 467 Å². The summed E-state index contributed by atoms with van der Waals surface area (Å²) in [6.07, 6.45) is 8.24. The number of aryl methyl sites for hydroxylation is 8. The Morgan fingerprint density at radius 2 is 1.01 bits per heavy atom. The molecule has 0 aliphatic carbocycles. The third-order valence-corrected chi connectivity index (χ3v) is 15.7. The van der Waals surface area contributed by atoms with Crippen LogP contribution in [0, 0.1) is 13.8 Å². The maximum absolute atomic E-state index is 12.5. The van der Waals surface area contributed by atoms with Crippen LogP contribution in [0.4, 0.5) is 11.4 Å². The third kappa shape index (κ3) is 16.9. The first-order valence-electron chi connectivity index (χ1n) is 26.8. The lowest BCUT2D eigenvalue weighted by molar-refractivity contribution is -0.138. The third-order valence-electron chi connectivity index (χ3n) is 13.3. The van der Waals surface area contributed by atoms with Crippen LogP contribution in [0.5, 0.6) is 11.5 Å². The van der Waals surface area contributed by atoms with E-state index in [1.807, 2.05) is 72.8 Å². The summed E-state index contributed by atoms with van der Waals surface area (Å²) >= 11 is 0. The van der Waals surface area contributed by atoms with Gasteiger partial charge in [0, 0.05) is 57.1 Å². The number of pyridine rings is 4. The Balaban J connectivity index is 0.000000234. The maximum Gasteiger partial charge on any atom is 0.332 e. The smallest absolute Gasteiger partial charge is 0.332 e. The van der Waals surface area contributed by atoms with Gasteiger partial charge in [-0.1, -0.05) is 36.4 Å². The van der Waals surface area contributed by atoms with Crippen molar-refractivity contribution in [2.45, 2.75) is 79.1 Å². The lowest BCUT2D eigenvalue weighted by atomic mass is 10.00. The number of ether oxygens (including phenoxy) is 4. The molecule has 0 aliphatic rings. The summed E-state index contributed by atoms with van der Waals surface area (Å²) in [5.41, 5.74) is 25.1. The Kier molecular flexibility index (Phi) is 22.6. The first-order chi connectivity index (χ1) is 38.7. The quantitative estimate of drug-likeness (QED) is 0.0141. The fraction of sp³-hybridized carbons (Fsp3) is 0.367. The molecule has 0 amide bonds. The van der Waals surface area contributed by atoms with Crippen molar-refractivity contribution in [1.29, 1.82) is 0 Å². The molecule has 0 spiro atoms. The van der Waals surface area contributed by atoms with Crippen molar-refractivity contribution in [3.63, 3.8) is 0 Å². The van der Waals surface area contributed by atoms with Crippen LogP contribution >= 0.6 is 16.1 Å². The number of aromatic nitrogens is 4. The molecule has 0 saturated carbocycles. The van der Waals surface area contributed by atoms with Crippen LogP contribution in [0.3, 0.4) is 0 Å². The highest BCUT2D eigenvalue weighted by molar-refractivity contribution is 7.53. The zero-order chi connectivity index (χ0) is 57.0. The summed E-state index contributed by atoms with van der Waals surface area (Å²) in [5.74, 6) is -0.121. The van der Waals surface area contributed by atoms with Crippen molar-refractivity contribution in [2.24, 2.45) is 0 Å². The van der Waals surface area contributed by atoms with Crippen LogP contribution < -0.4 is 20.9 Å². The van der Waals surface area contributed by atoms with Gasteiger partial charge in [0.15, 0.2) is 8.46 Å². The molecule has 18 nitrogen and oxygen atoms in total. The Hall–Kier alpha value is -7.17. The number of benzene rings is 4. The van der Waals surface area contributed by atoms with Gasteiger partial charge in [0.25, 0.3) is 0 Å². The summed E-state index contributed by atoms with van der Waals surface area (Å²) in [4.78, 5) is 41.0. The number of nitrogen functional groups attached to an aromatic ring is 2. The molecule has 0 saturated heterocycles. The predicted molar refractivity (Wildman–Crippen MR) is 313 cm³/mol. The highest BCUT2D eigenvalue weighted by Crippen LogP contribution is 2.47. The lowest BCUT2D eigenvalue weighted by Crippen LogP contribution is -2.11. The van der Waals surface area contributed by atoms with E-state index in [1.165, 1.54) is 11.1 Å². The summed E-state index contributed by atoms with van der Waals surface area (Å²) in [7, 11) is -3.00. The number of fused-ring (bicyclic) bond motifs is 6. The zero-order valence-electron chi connectivity index (χ0n) is 45.8. The van der Waals surface area contributed by atoms with Crippen LogP contribution in [0.2, 0.25) is 0 Å². The molecule has 4 heterocycles. The van der Waals surface area contributed by atoms with Crippen molar-refractivity contribution >= 4 is 83.0 Å². The van der Waals surface area contributed by atoms with Gasteiger partial charge in [-0.2, -0.15) is 0 Å². The van der Waals surface area contributed by atoms with Gasteiger partial charge in [-0.05, 0) is 148 Å². The molecule has 422 valence electrons. The Morgan fingerprint density at radius 3 is 1.44 bits per heavy atom. The zero-order valence-corrected chi connectivity index (χ0v) is 47.6. The molecule has 20 heteroatoms. The highest BCUT2D eigenvalue weighted by atomic mass is 31.2. The second-order valence-corrected chi connectivity index (χ2v) is 21.9. The van der Waals surface area contributed by atoms with E-state index < -0.39 is 19.5 Å². The fourth-order valence-corrected chi connectivity index (χ4v) is 11.0. The minimum Gasteiger partial charge on any atom is -0.491 e. The van der Waals surface area contributed by atoms with Crippen molar-refractivity contribution in [3.8, 4) is 11.5 Å². The molecule has 4 aromatic carbocycles. The summed E-state index contributed by atoms with van der Waals surface area (Å²) < 4.78 is 55.9. The molecule has 8 rings (SSSR count). The number of aliphatic carboxylic acids is 2. The summed E-state index contributed by atoms with van der Waals surface area (Å²) in [5, 5.41) is 21.6. The van der Waals surface area contributed by atoms with Crippen molar-refractivity contribution in [1.82, 2.24) is 19.9 Å². The first-order valence-corrected chi connectivity index (χ1v) is 29.5. The number of carboxylic acids is 2. The molecule has 0 radical (unpaired) electrons. The van der Waals surface area contributed by atoms with Gasteiger partial charge in [-0.15, -0.1) is 0 Å². The van der Waals surface area contributed by atoms with Crippen molar-refractivity contribution in [3.05, 3.63) is 142 Å². The van der Waals surface area contributed by atoms with Gasteiger partial charge in [-0.25, -0.2) is 0 Å². The number of anilines is 2. The SMILES string of the molecule is CCOP(=O)(CCOCCOc1ccc(CCc2ccc3c(cnc4c(CCC(=O)O)ccc(N)c43)n2)c(C)c1)OCC.Cc1cc(OCCOCCP=O)ccc1CCc1ccc2c(cnc3c(CCC(=O)O)ccc(N)c32)n1. The second kappa shape index (κ2) is 29.9. The van der Waals surface area contributed by atoms with Gasteiger partial charge < -0.3 is 49.7 Å². The van der Waals surface area contributed by atoms with E-state index in [4.69, 9.17) is 59.6 Å². The average molecular weight is 1130 g/mol. The molecule has 0 fully saturated rings. The van der Waals surface area contributed by atoms with E-state index in [9.17, 15) is 18.7 Å². The number of hydrogen-bond donors (Lipinski definition) is 4. The van der Waals surface area contributed by atoms with Crippen molar-refractivity contribution < 1.29 is 56.9 Å². The van der Waals surface area contributed by atoms with Crippen LogP contribution in [0.25, 0.3) is 43.6 Å².